The fourth-order valence-corrected chi connectivity index (χ4v) is 2.14. The molecule has 0 heterocycles. The molecule has 2 aliphatic rings. The van der Waals surface area contributed by atoms with Crippen molar-refractivity contribution in [2.75, 3.05) is 0 Å². The second-order valence-corrected chi connectivity index (χ2v) is 4.93. The van der Waals surface area contributed by atoms with E-state index >= 15 is 0 Å². The van der Waals surface area contributed by atoms with Crippen LogP contribution in [0, 0.1) is 18.9 Å². The minimum absolute atomic E-state index is 0. The molecular formula is C18H30PRh. The SMILES string of the molecule is P.[CH-]1CCCCC1.[CH-]1CCCCC1.[Rh+3].[c-]1ccccc1. The Balaban J connectivity index is 0. The molecule has 1 unspecified atom stereocenters. The summed E-state index contributed by atoms with van der Waals surface area (Å²) in [6.07, 6.45) is 19.0. The molecule has 1 atom stereocenters. The van der Waals surface area contributed by atoms with Gasteiger partial charge in [-0.3, -0.25) is 0 Å². The van der Waals surface area contributed by atoms with Crippen LogP contribution in [0.5, 0.6) is 0 Å². The summed E-state index contributed by atoms with van der Waals surface area (Å²) in [5.41, 5.74) is 0. The van der Waals surface area contributed by atoms with Crippen molar-refractivity contribution in [2.45, 2.75) is 64.2 Å². The van der Waals surface area contributed by atoms with Gasteiger partial charge in [-0.15, -0.1) is 0 Å². The maximum atomic E-state index is 2.89. The predicted octanol–water partition coefficient (Wildman–Crippen LogP) is 5.85. The Morgan fingerprint density at radius 3 is 1.10 bits per heavy atom. The van der Waals surface area contributed by atoms with E-state index in [9.17, 15) is 0 Å². The molecule has 20 heavy (non-hydrogen) atoms. The number of hydrogen-bond donors (Lipinski definition) is 0. The van der Waals surface area contributed by atoms with Crippen molar-refractivity contribution >= 4 is 9.90 Å². The second kappa shape index (κ2) is 19.3. The minimum Gasteiger partial charge on any atom is -0.328 e. The van der Waals surface area contributed by atoms with Crippen molar-refractivity contribution < 1.29 is 19.5 Å². The van der Waals surface area contributed by atoms with Crippen LogP contribution in [0.3, 0.4) is 0 Å². The van der Waals surface area contributed by atoms with Gasteiger partial charge in [0.25, 0.3) is 0 Å². The smallest absolute Gasteiger partial charge is 0.328 e. The van der Waals surface area contributed by atoms with E-state index < -0.39 is 0 Å². The summed E-state index contributed by atoms with van der Waals surface area (Å²) < 4.78 is 0. The molecule has 0 saturated heterocycles. The van der Waals surface area contributed by atoms with Crippen molar-refractivity contribution in [3.63, 3.8) is 0 Å². The largest absolute Gasteiger partial charge is 3.00 e. The first kappa shape index (κ1) is 22.6. The van der Waals surface area contributed by atoms with Crippen LogP contribution in [-0.4, -0.2) is 0 Å². The first-order valence-corrected chi connectivity index (χ1v) is 7.54. The number of rotatable bonds is 0. The zero-order valence-corrected chi connectivity index (χ0v) is 15.7. The van der Waals surface area contributed by atoms with Gasteiger partial charge in [-0.25, -0.2) is 0 Å². The summed E-state index contributed by atoms with van der Waals surface area (Å²) in [7, 11) is 0. The molecule has 116 valence electrons. The molecule has 0 N–H and O–H groups in total. The van der Waals surface area contributed by atoms with Crippen molar-refractivity contribution in [2.24, 2.45) is 0 Å². The average molecular weight is 380 g/mol. The molecule has 3 rings (SSSR count). The topological polar surface area (TPSA) is 0 Å². The van der Waals surface area contributed by atoms with E-state index in [1.165, 1.54) is 64.2 Å². The standard InChI is InChI=1S/2C6H11.C6H5.H3P.Rh/c3*1-2-4-6-5-3-1;;/h2*1H,2-6H2;1-5H;1H3;/q3*-1;;+3. The Morgan fingerprint density at radius 1 is 0.600 bits per heavy atom. The monoisotopic (exact) mass is 380 g/mol. The van der Waals surface area contributed by atoms with Crippen molar-refractivity contribution in [1.82, 2.24) is 0 Å². The van der Waals surface area contributed by atoms with E-state index in [0.29, 0.717) is 0 Å². The van der Waals surface area contributed by atoms with Gasteiger partial charge < -0.3 is 12.8 Å². The second-order valence-electron chi connectivity index (χ2n) is 4.93. The maximum Gasteiger partial charge on any atom is 3.00 e. The van der Waals surface area contributed by atoms with E-state index in [4.69, 9.17) is 0 Å². The van der Waals surface area contributed by atoms with Crippen LogP contribution < -0.4 is 0 Å². The van der Waals surface area contributed by atoms with Gasteiger partial charge in [0.05, 0.1) is 0 Å². The van der Waals surface area contributed by atoms with Crippen LogP contribution in [0.4, 0.5) is 0 Å². The molecule has 2 saturated carbocycles. The molecule has 2 aliphatic carbocycles. The van der Waals surface area contributed by atoms with Crippen LogP contribution in [0.1, 0.15) is 64.2 Å². The zero-order valence-electron chi connectivity index (χ0n) is 12.7. The van der Waals surface area contributed by atoms with Crippen molar-refractivity contribution in [3.05, 3.63) is 49.2 Å². The molecule has 0 radical (unpaired) electrons. The van der Waals surface area contributed by atoms with Crippen LogP contribution in [0.25, 0.3) is 0 Å². The molecule has 0 nitrogen and oxygen atoms in total. The van der Waals surface area contributed by atoms with Gasteiger partial charge in [0.2, 0.25) is 0 Å². The zero-order chi connectivity index (χ0) is 12.7. The Kier molecular flexibility index (Phi) is 21.7. The molecule has 0 spiro atoms. The Labute approximate surface area is 142 Å². The van der Waals surface area contributed by atoms with Crippen LogP contribution in [0.15, 0.2) is 30.3 Å². The summed E-state index contributed by atoms with van der Waals surface area (Å²) in [5.74, 6) is 0. The molecule has 0 bridgehead atoms. The van der Waals surface area contributed by atoms with Gasteiger partial charge in [-0.05, 0) is 0 Å². The van der Waals surface area contributed by atoms with Crippen LogP contribution in [-0.2, 0) is 19.5 Å². The molecule has 2 fully saturated rings. The van der Waals surface area contributed by atoms with Gasteiger partial charge in [-0.1, -0.05) is 38.5 Å². The van der Waals surface area contributed by atoms with E-state index in [-0.39, 0.29) is 29.4 Å². The first-order chi connectivity index (χ1) is 9.00. The molecule has 1 aromatic rings. The van der Waals surface area contributed by atoms with Gasteiger partial charge in [0.15, 0.2) is 0 Å². The van der Waals surface area contributed by atoms with E-state index in [1.807, 2.05) is 30.3 Å². The van der Waals surface area contributed by atoms with Gasteiger partial charge in [0.1, 0.15) is 0 Å². The molecule has 0 aromatic heterocycles. The van der Waals surface area contributed by atoms with E-state index in [0.717, 1.165) is 0 Å². The Bertz CT molecular complexity index is 181. The predicted molar refractivity (Wildman–Crippen MR) is 91.2 cm³/mol. The summed E-state index contributed by atoms with van der Waals surface area (Å²) >= 11 is 0. The minimum atomic E-state index is 0. The Hall–Kier alpha value is 0.273. The molecular weight excluding hydrogens is 350 g/mol. The average Bonchev–Trinajstić information content (AvgIpc) is 2.54. The van der Waals surface area contributed by atoms with Gasteiger partial charge >= 0.3 is 19.5 Å². The summed E-state index contributed by atoms with van der Waals surface area (Å²) in [6, 6.07) is 12.5. The van der Waals surface area contributed by atoms with E-state index in [1.54, 1.807) is 0 Å². The van der Waals surface area contributed by atoms with Gasteiger partial charge in [0, 0.05) is 0 Å². The third-order valence-corrected chi connectivity index (χ3v) is 3.24. The summed E-state index contributed by atoms with van der Waals surface area (Å²) in [5, 5.41) is 0. The molecule has 0 amide bonds. The first-order valence-electron chi connectivity index (χ1n) is 7.54. The Morgan fingerprint density at radius 2 is 1.00 bits per heavy atom. The third kappa shape index (κ3) is 16.3. The quantitative estimate of drug-likeness (QED) is 0.301. The van der Waals surface area contributed by atoms with Crippen molar-refractivity contribution in [1.29, 1.82) is 0 Å². The molecule has 2 heteroatoms. The van der Waals surface area contributed by atoms with E-state index in [2.05, 4.69) is 18.9 Å². The summed E-state index contributed by atoms with van der Waals surface area (Å²) in [6.45, 7) is 0. The van der Waals surface area contributed by atoms with Crippen LogP contribution >= 0.6 is 9.90 Å². The fourth-order valence-electron chi connectivity index (χ4n) is 2.14. The summed E-state index contributed by atoms with van der Waals surface area (Å²) in [4.78, 5) is 0. The number of benzene rings is 1. The molecule has 1 aromatic carbocycles. The van der Waals surface area contributed by atoms with Crippen LogP contribution in [0.2, 0.25) is 0 Å². The van der Waals surface area contributed by atoms with Gasteiger partial charge in [-0.2, -0.15) is 72.0 Å². The molecule has 0 aliphatic heterocycles. The third-order valence-electron chi connectivity index (χ3n) is 3.24. The fraction of sp³-hybridized carbons (Fsp3) is 0.556. The van der Waals surface area contributed by atoms with Crippen molar-refractivity contribution in [3.8, 4) is 0 Å². The maximum absolute atomic E-state index is 2.89. The number of hydrogen-bond acceptors (Lipinski definition) is 0. The normalized spacial score (nSPS) is 16.8.